The summed E-state index contributed by atoms with van der Waals surface area (Å²) in [6, 6.07) is 6.07. The molecule has 0 bridgehead atoms. The zero-order chi connectivity index (χ0) is 17.9. The highest BCUT2D eigenvalue weighted by atomic mass is 32.2. The van der Waals surface area contributed by atoms with Crippen molar-refractivity contribution < 1.29 is 17.6 Å². The van der Waals surface area contributed by atoms with E-state index in [4.69, 9.17) is 0 Å². The van der Waals surface area contributed by atoms with Crippen LogP contribution in [-0.4, -0.2) is 49.7 Å². The highest BCUT2D eigenvalue weighted by Gasteiger charge is 2.31. The number of halogens is 1. The van der Waals surface area contributed by atoms with Crippen molar-refractivity contribution in [2.24, 2.45) is 5.92 Å². The van der Waals surface area contributed by atoms with Crippen molar-refractivity contribution in [3.05, 3.63) is 35.6 Å². The maximum Gasteiger partial charge on any atom is 0.279 e. The van der Waals surface area contributed by atoms with Crippen LogP contribution in [-0.2, 0) is 21.5 Å². The van der Waals surface area contributed by atoms with Gasteiger partial charge in [0.05, 0.1) is 0 Å². The zero-order valence-corrected chi connectivity index (χ0v) is 15.0. The number of nitrogens with one attached hydrogen (secondary N) is 1. The van der Waals surface area contributed by atoms with Crippen molar-refractivity contribution in [1.29, 1.82) is 0 Å². The molecule has 1 N–H and O–H groups in total. The number of rotatable bonds is 6. The van der Waals surface area contributed by atoms with E-state index in [0.29, 0.717) is 32.6 Å². The Kier molecular flexibility index (Phi) is 5.71. The average Bonchev–Trinajstić information content (AvgIpc) is 2.96. The lowest BCUT2D eigenvalue weighted by Crippen LogP contribution is -2.45. The van der Waals surface area contributed by atoms with Crippen LogP contribution in [0, 0.1) is 11.7 Å². The minimum Gasteiger partial charge on any atom is -0.338 e. The Morgan fingerprint density at radius 2 is 1.80 bits per heavy atom. The Balaban J connectivity index is 1.51. The van der Waals surface area contributed by atoms with Gasteiger partial charge in [0.15, 0.2) is 0 Å². The first-order valence-electron chi connectivity index (χ1n) is 8.71. The normalized spacial score (nSPS) is 22.5. The van der Waals surface area contributed by atoms with E-state index in [2.05, 4.69) is 4.72 Å². The lowest BCUT2D eigenvalue weighted by atomic mass is 10.1. The maximum absolute atomic E-state index is 13.0. The number of piperidine rings is 1. The summed E-state index contributed by atoms with van der Waals surface area (Å²) in [6.45, 7) is 2.34. The predicted octanol–water partition coefficient (Wildman–Crippen LogP) is 1.49. The lowest BCUT2D eigenvalue weighted by Gasteiger charge is -2.26. The van der Waals surface area contributed by atoms with Crippen molar-refractivity contribution in [3.8, 4) is 0 Å². The van der Waals surface area contributed by atoms with Gasteiger partial charge in [0, 0.05) is 39.1 Å². The van der Waals surface area contributed by atoms with Gasteiger partial charge in [-0.3, -0.25) is 4.79 Å². The third-order valence-electron chi connectivity index (χ3n) is 4.79. The molecule has 138 valence electrons. The SMILES string of the molecule is O=C1CC(CNS(=O)(=O)N2CCCCC2)CN1Cc1ccc(F)cc1. The first kappa shape index (κ1) is 18.3. The number of amides is 1. The number of nitrogens with zero attached hydrogens (tertiary/aromatic N) is 2. The van der Waals surface area contributed by atoms with Crippen LogP contribution in [0.5, 0.6) is 0 Å². The minimum absolute atomic E-state index is 0.00601. The minimum atomic E-state index is -3.46. The van der Waals surface area contributed by atoms with Crippen LogP contribution in [0.25, 0.3) is 0 Å². The third-order valence-corrected chi connectivity index (χ3v) is 6.37. The first-order valence-corrected chi connectivity index (χ1v) is 10.1. The molecule has 25 heavy (non-hydrogen) atoms. The molecule has 1 aromatic carbocycles. The fraction of sp³-hybridized carbons (Fsp3) is 0.588. The van der Waals surface area contributed by atoms with Crippen molar-refractivity contribution in [2.45, 2.75) is 32.2 Å². The van der Waals surface area contributed by atoms with Crippen molar-refractivity contribution in [3.63, 3.8) is 0 Å². The molecule has 6 nitrogen and oxygen atoms in total. The Morgan fingerprint density at radius 3 is 2.48 bits per heavy atom. The molecule has 0 aliphatic carbocycles. The Morgan fingerprint density at radius 1 is 1.12 bits per heavy atom. The molecular formula is C17H24FN3O3S. The van der Waals surface area contributed by atoms with Crippen LogP contribution >= 0.6 is 0 Å². The summed E-state index contributed by atoms with van der Waals surface area (Å²) in [5.74, 6) is -0.333. The summed E-state index contributed by atoms with van der Waals surface area (Å²) in [4.78, 5) is 13.8. The molecular weight excluding hydrogens is 345 g/mol. The largest absolute Gasteiger partial charge is 0.338 e. The summed E-state index contributed by atoms with van der Waals surface area (Å²) in [5.41, 5.74) is 0.865. The summed E-state index contributed by atoms with van der Waals surface area (Å²) in [6.07, 6.45) is 3.20. The molecule has 1 amide bonds. The number of hydrogen-bond donors (Lipinski definition) is 1. The van der Waals surface area contributed by atoms with E-state index in [1.54, 1.807) is 17.0 Å². The smallest absolute Gasteiger partial charge is 0.279 e. The van der Waals surface area contributed by atoms with Crippen LogP contribution in [0.4, 0.5) is 4.39 Å². The summed E-state index contributed by atoms with van der Waals surface area (Å²) in [5, 5.41) is 0. The topological polar surface area (TPSA) is 69.7 Å². The number of carbonyl (C=O) groups is 1. The van der Waals surface area contributed by atoms with E-state index in [9.17, 15) is 17.6 Å². The van der Waals surface area contributed by atoms with Gasteiger partial charge in [0.2, 0.25) is 5.91 Å². The molecule has 2 aliphatic rings. The van der Waals surface area contributed by atoms with Gasteiger partial charge < -0.3 is 4.90 Å². The van der Waals surface area contributed by atoms with Crippen LogP contribution in [0.3, 0.4) is 0 Å². The van der Waals surface area contributed by atoms with Gasteiger partial charge in [-0.25, -0.2) is 9.11 Å². The molecule has 2 fully saturated rings. The van der Waals surface area contributed by atoms with Crippen LogP contribution in [0.2, 0.25) is 0 Å². The van der Waals surface area contributed by atoms with Crippen molar-refractivity contribution in [2.75, 3.05) is 26.2 Å². The van der Waals surface area contributed by atoms with Gasteiger partial charge in [-0.15, -0.1) is 0 Å². The van der Waals surface area contributed by atoms with E-state index in [1.807, 2.05) is 0 Å². The second-order valence-corrected chi connectivity index (χ2v) is 8.54. The Hall–Kier alpha value is -1.51. The average molecular weight is 369 g/mol. The van der Waals surface area contributed by atoms with E-state index >= 15 is 0 Å². The van der Waals surface area contributed by atoms with Gasteiger partial charge in [-0.1, -0.05) is 18.6 Å². The highest BCUT2D eigenvalue weighted by Crippen LogP contribution is 2.20. The Bertz CT molecular complexity index is 702. The second kappa shape index (κ2) is 7.80. The molecule has 0 saturated carbocycles. The fourth-order valence-corrected chi connectivity index (χ4v) is 4.74. The quantitative estimate of drug-likeness (QED) is 0.826. The van der Waals surface area contributed by atoms with E-state index in [-0.39, 0.29) is 24.2 Å². The number of benzene rings is 1. The molecule has 1 unspecified atom stereocenters. The molecule has 0 aromatic heterocycles. The van der Waals surface area contributed by atoms with Crippen LogP contribution in [0.1, 0.15) is 31.2 Å². The monoisotopic (exact) mass is 369 g/mol. The van der Waals surface area contributed by atoms with E-state index in [0.717, 1.165) is 24.8 Å². The molecule has 2 heterocycles. The maximum atomic E-state index is 13.0. The number of hydrogen-bond acceptors (Lipinski definition) is 3. The van der Waals surface area contributed by atoms with Gasteiger partial charge in [-0.05, 0) is 36.5 Å². The predicted molar refractivity (Wildman–Crippen MR) is 92.3 cm³/mol. The number of likely N-dealkylation sites (tertiary alicyclic amines) is 1. The first-order chi connectivity index (χ1) is 11.9. The van der Waals surface area contributed by atoms with Crippen LogP contribution < -0.4 is 4.72 Å². The molecule has 8 heteroatoms. The zero-order valence-electron chi connectivity index (χ0n) is 14.2. The van der Waals surface area contributed by atoms with Crippen LogP contribution in [0.15, 0.2) is 24.3 Å². The lowest BCUT2D eigenvalue weighted by molar-refractivity contribution is -0.128. The third kappa shape index (κ3) is 4.77. The molecule has 2 saturated heterocycles. The molecule has 3 rings (SSSR count). The van der Waals surface area contributed by atoms with E-state index in [1.165, 1.54) is 16.4 Å². The summed E-state index contributed by atoms with van der Waals surface area (Å²) >= 11 is 0. The van der Waals surface area contributed by atoms with Gasteiger partial charge >= 0.3 is 0 Å². The van der Waals surface area contributed by atoms with E-state index < -0.39 is 10.2 Å². The highest BCUT2D eigenvalue weighted by molar-refractivity contribution is 7.87. The second-order valence-electron chi connectivity index (χ2n) is 6.78. The molecule has 1 atom stereocenters. The molecule has 1 aromatic rings. The fourth-order valence-electron chi connectivity index (χ4n) is 3.37. The van der Waals surface area contributed by atoms with Gasteiger partial charge in [0.1, 0.15) is 5.82 Å². The van der Waals surface area contributed by atoms with Crippen molar-refractivity contribution >= 4 is 16.1 Å². The Labute approximate surface area is 148 Å². The standard InChI is InChI=1S/C17H24FN3O3S/c18-16-6-4-14(5-7-16)12-20-13-15(10-17(20)22)11-19-25(23,24)21-8-2-1-3-9-21/h4-7,15,19H,1-3,8-13H2. The van der Waals surface area contributed by atoms with Gasteiger partial charge in [0.25, 0.3) is 10.2 Å². The summed E-state index contributed by atoms with van der Waals surface area (Å²) in [7, 11) is -3.46. The molecule has 2 aliphatic heterocycles. The number of carbonyl (C=O) groups excluding carboxylic acids is 1. The molecule has 0 radical (unpaired) electrons. The molecule has 0 spiro atoms. The van der Waals surface area contributed by atoms with Gasteiger partial charge in [-0.2, -0.15) is 12.7 Å². The summed E-state index contributed by atoms with van der Waals surface area (Å²) < 4.78 is 41.7. The van der Waals surface area contributed by atoms with Crippen molar-refractivity contribution in [1.82, 2.24) is 13.9 Å².